The van der Waals surface area contributed by atoms with Gasteiger partial charge in [0.2, 0.25) is 0 Å². The number of allylic oxidation sites excluding steroid dienone is 4. The van der Waals surface area contributed by atoms with Crippen molar-refractivity contribution in [2.45, 2.75) is 19.8 Å². The summed E-state index contributed by atoms with van der Waals surface area (Å²) in [4.78, 5) is 0. The molecule has 15 heavy (non-hydrogen) atoms. The number of aryl methyl sites for hydroxylation is 1. The summed E-state index contributed by atoms with van der Waals surface area (Å²) >= 11 is 0. The van der Waals surface area contributed by atoms with Crippen molar-refractivity contribution in [3.05, 3.63) is 47.1 Å². The molecule has 0 aromatic heterocycles. The molecule has 1 aliphatic carbocycles. The minimum absolute atomic E-state index is 0.0801. The summed E-state index contributed by atoms with van der Waals surface area (Å²) in [7, 11) is 0. The van der Waals surface area contributed by atoms with Crippen molar-refractivity contribution in [2.75, 3.05) is 0 Å². The molecule has 0 spiro atoms. The lowest BCUT2D eigenvalue weighted by Crippen LogP contribution is -1.96. The van der Waals surface area contributed by atoms with E-state index in [0.717, 1.165) is 11.1 Å². The molecule has 78 valence electrons. The molecule has 2 heteroatoms. The van der Waals surface area contributed by atoms with Gasteiger partial charge in [0.15, 0.2) is 0 Å². The Morgan fingerprint density at radius 2 is 1.67 bits per heavy atom. The molecule has 1 aromatic carbocycles. The minimum Gasteiger partial charge on any atom is -0.508 e. The van der Waals surface area contributed by atoms with Crippen LogP contribution in [-0.4, -0.2) is 10.2 Å². The molecule has 0 saturated heterocycles. The maximum Gasteiger partial charge on any atom is 0.121 e. The van der Waals surface area contributed by atoms with Gasteiger partial charge in [-0.2, -0.15) is 0 Å². The number of phenols is 2. The lowest BCUT2D eigenvalue weighted by atomic mass is 9.92. The summed E-state index contributed by atoms with van der Waals surface area (Å²) in [5, 5.41) is 19.7. The predicted octanol–water partition coefficient (Wildman–Crippen LogP) is 2.92. The van der Waals surface area contributed by atoms with Gasteiger partial charge >= 0.3 is 0 Å². The second-order valence-electron chi connectivity index (χ2n) is 3.90. The third kappa shape index (κ3) is 1.52. The topological polar surface area (TPSA) is 40.5 Å². The first-order valence-corrected chi connectivity index (χ1v) is 4.98. The minimum atomic E-state index is 0.0801. The highest BCUT2D eigenvalue weighted by Gasteiger charge is 2.18. The highest BCUT2D eigenvalue weighted by Crippen LogP contribution is 2.38. The normalized spacial score (nSPS) is 15.1. The van der Waals surface area contributed by atoms with Gasteiger partial charge < -0.3 is 10.2 Å². The predicted molar refractivity (Wildman–Crippen MR) is 60.3 cm³/mol. The summed E-state index contributed by atoms with van der Waals surface area (Å²) in [5.74, 6) is 0.608. The fourth-order valence-corrected chi connectivity index (χ4v) is 2.01. The molecule has 0 saturated carbocycles. The fourth-order valence-electron chi connectivity index (χ4n) is 2.01. The molecular weight excluding hydrogens is 188 g/mol. The molecule has 0 aliphatic heterocycles. The quantitative estimate of drug-likeness (QED) is 0.687. The molecule has 1 aliphatic rings. The van der Waals surface area contributed by atoms with Gasteiger partial charge in [0.1, 0.15) is 11.5 Å². The summed E-state index contributed by atoms with van der Waals surface area (Å²) in [5.41, 5.74) is 2.26. The van der Waals surface area contributed by atoms with E-state index in [1.807, 2.05) is 31.2 Å². The zero-order valence-electron chi connectivity index (χ0n) is 8.86. The third-order valence-electron chi connectivity index (χ3n) is 2.84. The number of hydrogen-bond acceptors (Lipinski definition) is 2. The lowest BCUT2D eigenvalue weighted by molar-refractivity contribution is 0.447. The number of hydrogen-bond donors (Lipinski definition) is 2. The van der Waals surface area contributed by atoms with Crippen molar-refractivity contribution in [1.82, 2.24) is 0 Å². The van der Waals surface area contributed by atoms with E-state index in [2.05, 4.69) is 0 Å². The Morgan fingerprint density at radius 3 is 2.27 bits per heavy atom. The van der Waals surface area contributed by atoms with Crippen LogP contribution in [-0.2, 0) is 0 Å². The van der Waals surface area contributed by atoms with Crippen LogP contribution in [0, 0.1) is 13.8 Å². The van der Waals surface area contributed by atoms with Crippen LogP contribution in [0.25, 0.3) is 0 Å². The van der Waals surface area contributed by atoms with E-state index in [9.17, 15) is 10.2 Å². The molecule has 1 aromatic rings. The molecule has 0 amide bonds. The SMILES string of the molecule is Cc1cc(O)c(C2C=CC=C2)c(C)c1O. The van der Waals surface area contributed by atoms with Crippen LogP contribution in [0.3, 0.4) is 0 Å². The van der Waals surface area contributed by atoms with E-state index in [1.165, 1.54) is 0 Å². The number of rotatable bonds is 1. The third-order valence-corrected chi connectivity index (χ3v) is 2.84. The van der Waals surface area contributed by atoms with Gasteiger partial charge in [-0.25, -0.2) is 0 Å². The smallest absolute Gasteiger partial charge is 0.121 e. The van der Waals surface area contributed by atoms with E-state index in [1.54, 1.807) is 13.0 Å². The molecule has 0 radical (unpaired) electrons. The number of phenolic OH excluding ortho intramolecular Hbond substituents is 2. The zero-order chi connectivity index (χ0) is 11.0. The van der Waals surface area contributed by atoms with Crippen LogP contribution in [0.1, 0.15) is 22.6 Å². The van der Waals surface area contributed by atoms with Crippen molar-refractivity contribution in [1.29, 1.82) is 0 Å². The van der Waals surface area contributed by atoms with Gasteiger partial charge in [0.25, 0.3) is 0 Å². The average molecular weight is 202 g/mol. The molecule has 2 rings (SSSR count). The van der Waals surface area contributed by atoms with E-state index >= 15 is 0 Å². The first kappa shape index (κ1) is 9.84. The average Bonchev–Trinajstić information content (AvgIpc) is 2.68. The van der Waals surface area contributed by atoms with E-state index in [4.69, 9.17) is 0 Å². The molecule has 2 nitrogen and oxygen atoms in total. The summed E-state index contributed by atoms with van der Waals surface area (Å²) < 4.78 is 0. The lowest BCUT2D eigenvalue weighted by Gasteiger charge is -2.15. The maximum atomic E-state index is 9.88. The van der Waals surface area contributed by atoms with Crippen LogP contribution in [0.15, 0.2) is 30.4 Å². The van der Waals surface area contributed by atoms with Crippen molar-refractivity contribution in [3.8, 4) is 11.5 Å². The van der Waals surface area contributed by atoms with Crippen molar-refractivity contribution < 1.29 is 10.2 Å². The first-order chi connectivity index (χ1) is 7.11. The van der Waals surface area contributed by atoms with Crippen LogP contribution < -0.4 is 0 Å². The molecular formula is C13H14O2. The van der Waals surface area contributed by atoms with Gasteiger partial charge in [0.05, 0.1) is 0 Å². The molecule has 0 fully saturated rings. The van der Waals surface area contributed by atoms with E-state index < -0.39 is 0 Å². The van der Waals surface area contributed by atoms with E-state index in [0.29, 0.717) is 5.56 Å². The zero-order valence-corrected chi connectivity index (χ0v) is 8.86. The first-order valence-electron chi connectivity index (χ1n) is 4.98. The Labute approximate surface area is 89.2 Å². The van der Waals surface area contributed by atoms with Gasteiger partial charge in [-0.15, -0.1) is 0 Å². The van der Waals surface area contributed by atoms with Gasteiger partial charge in [-0.3, -0.25) is 0 Å². The van der Waals surface area contributed by atoms with Crippen LogP contribution in [0.5, 0.6) is 11.5 Å². The standard InChI is InChI=1S/C13H14O2/c1-8-7-11(14)12(9(2)13(8)15)10-5-3-4-6-10/h3-7,10,14-15H,1-2H3. The Kier molecular flexibility index (Phi) is 2.27. The molecule has 2 N–H and O–H groups in total. The Morgan fingerprint density at radius 1 is 1.07 bits per heavy atom. The number of aromatic hydroxyl groups is 2. The van der Waals surface area contributed by atoms with Crippen molar-refractivity contribution >= 4 is 0 Å². The Balaban J connectivity index is 2.60. The molecule has 0 atom stereocenters. The van der Waals surface area contributed by atoms with Crippen molar-refractivity contribution in [2.24, 2.45) is 0 Å². The van der Waals surface area contributed by atoms with E-state index in [-0.39, 0.29) is 17.4 Å². The second-order valence-corrected chi connectivity index (χ2v) is 3.90. The van der Waals surface area contributed by atoms with Crippen molar-refractivity contribution in [3.63, 3.8) is 0 Å². The largest absolute Gasteiger partial charge is 0.508 e. The highest BCUT2D eigenvalue weighted by atomic mass is 16.3. The molecule has 0 unspecified atom stereocenters. The van der Waals surface area contributed by atoms with Gasteiger partial charge in [-0.1, -0.05) is 24.3 Å². The summed E-state index contributed by atoms with van der Waals surface area (Å²) in [6.07, 6.45) is 7.88. The highest BCUT2D eigenvalue weighted by molar-refractivity contribution is 5.56. The maximum absolute atomic E-state index is 9.88. The van der Waals surface area contributed by atoms with Crippen LogP contribution in [0.2, 0.25) is 0 Å². The van der Waals surface area contributed by atoms with Gasteiger partial charge in [-0.05, 0) is 31.0 Å². The second kappa shape index (κ2) is 3.46. The Hall–Kier alpha value is -1.70. The number of benzene rings is 1. The molecule has 0 heterocycles. The molecule has 0 bridgehead atoms. The van der Waals surface area contributed by atoms with Gasteiger partial charge in [0, 0.05) is 11.5 Å². The van der Waals surface area contributed by atoms with Crippen LogP contribution >= 0.6 is 0 Å². The fraction of sp³-hybridized carbons (Fsp3) is 0.231. The summed E-state index contributed by atoms with van der Waals surface area (Å²) in [6, 6.07) is 1.61. The summed E-state index contributed by atoms with van der Waals surface area (Å²) in [6.45, 7) is 3.61. The van der Waals surface area contributed by atoms with Crippen LogP contribution in [0.4, 0.5) is 0 Å². The monoisotopic (exact) mass is 202 g/mol. The Bertz CT molecular complexity index is 444.